The van der Waals surface area contributed by atoms with E-state index >= 15 is 0 Å². The van der Waals surface area contributed by atoms with Crippen LogP contribution in [0.1, 0.15) is 316 Å². The van der Waals surface area contributed by atoms with Crippen LogP contribution in [0, 0.1) is 0 Å². The first-order valence-electron chi connectivity index (χ1n) is 29.1. The number of ether oxygens (including phenoxy) is 1. The van der Waals surface area contributed by atoms with Crippen LogP contribution in [0.25, 0.3) is 0 Å². The lowest BCUT2D eigenvalue weighted by Gasteiger charge is -2.20. The molecule has 0 spiro atoms. The van der Waals surface area contributed by atoms with E-state index in [0.717, 1.165) is 44.9 Å². The lowest BCUT2D eigenvalue weighted by molar-refractivity contribution is -0.143. The van der Waals surface area contributed by atoms with Crippen LogP contribution in [0.3, 0.4) is 0 Å². The minimum absolute atomic E-state index is 0.00166. The molecule has 0 bridgehead atoms. The first-order chi connectivity index (χ1) is 32.0. The average molecular weight is 917 g/mol. The smallest absolute Gasteiger partial charge is 0.305 e. The van der Waals surface area contributed by atoms with Gasteiger partial charge in [0.15, 0.2) is 0 Å². The van der Waals surface area contributed by atoms with Crippen molar-refractivity contribution in [3.8, 4) is 0 Å². The van der Waals surface area contributed by atoms with Crippen LogP contribution in [0.15, 0.2) is 24.3 Å². The number of carbonyl (C=O) groups excluding carboxylic acids is 2. The molecular formula is C59H113NO5. The summed E-state index contributed by atoms with van der Waals surface area (Å²) in [6.45, 7) is 4.90. The Balaban J connectivity index is 3.41. The van der Waals surface area contributed by atoms with Gasteiger partial charge in [-0.3, -0.25) is 9.59 Å². The topological polar surface area (TPSA) is 95.9 Å². The molecule has 2 atom stereocenters. The summed E-state index contributed by atoms with van der Waals surface area (Å²) in [5.41, 5.74) is 0. The fourth-order valence-corrected chi connectivity index (χ4v) is 8.98. The normalized spacial score (nSPS) is 12.7. The molecular weight excluding hydrogens is 803 g/mol. The first-order valence-corrected chi connectivity index (χ1v) is 29.1. The fourth-order valence-electron chi connectivity index (χ4n) is 8.98. The van der Waals surface area contributed by atoms with Crippen molar-refractivity contribution in [3.05, 3.63) is 24.3 Å². The third-order valence-electron chi connectivity index (χ3n) is 13.5. The predicted octanol–water partition coefficient (Wildman–Crippen LogP) is 17.9. The number of amides is 1. The van der Waals surface area contributed by atoms with E-state index < -0.39 is 12.1 Å². The standard InChI is InChI=1S/C59H113NO5/c1-3-5-7-9-11-13-15-17-18-19-22-25-29-33-37-41-45-49-53-59(64)65-54-50-46-42-38-34-30-26-23-20-21-24-28-32-36-40-44-48-52-58(63)60-56(55-61)57(62)51-47-43-39-35-31-27-16-14-12-10-8-6-4-2/h18-19,47,51,56-57,61-62H,3-17,20-46,48-50,52-55H2,1-2H3,(H,60,63)/b19-18-,51-47+. The second-order valence-electron chi connectivity index (χ2n) is 20.0. The molecule has 0 aliphatic carbocycles. The minimum Gasteiger partial charge on any atom is -0.466 e. The number of hydrogen-bond acceptors (Lipinski definition) is 5. The number of hydrogen-bond donors (Lipinski definition) is 3. The Kier molecular flexibility index (Phi) is 53.5. The van der Waals surface area contributed by atoms with Gasteiger partial charge in [0.1, 0.15) is 0 Å². The summed E-state index contributed by atoms with van der Waals surface area (Å²) in [6, 6.07) is -0.631. The zero-order valence-electron chi connectivity index (χ0n) is 43.7. The van der Waals surface area contributed by atoms with E-state index in [1.54, 1.807) is 6.08 Å². The van der Waals surface area contributed by atoms with Gasteiger partial charge in [-0.25, -0.2) is 0 Å². The van der Waals surface area contributed by atoms with Crippen LogP contribution >= 0.6 is 0 Å². The van der Waals surface area contributed by atoms with Crippen molar-refractivity contribution in [2.75, 3.05) is 13.2 Å². The van der Waals surface area contributed by atoms with Crippen molar-refractivity contribution < 1.29 is 24.5 Å². The predicted molar refractivity (Wildman–Crippen MR) is 283 cm³/mol. The van der Waals surface area contributed by atoms with E-state index in [-0.39, 0.29) is 18.5 Å². The molecule has 0 fully saturated rings. The van der Waals surface area contributed by atoms with Gasteiger partial charge in [-0.15, -0.1) is 0 Å². The van der Waals surface area contributed by atoms with Crippen LogP contribution in [-0.4, -0.2) is 47.4 Å². The van der Waals surface area contributed by atoms with Gasteiger partial charge in [-0.2, -0.15) is 0 Å². The lowest BCUT2D eigenvalue weighted by Crippen LogP contribution is -2.45. The highest BCUT2D eigenvalue weighted by molar-refractivity contribution is 5.76. The molecule has 0 aliphatic heterocycles. The van der Waals surface area contributed by atoms with Gasteiger partial charge in [-0.05, 0) is 57.8 Å². The van der Waals surface area contributed by atoms with Crippen molar-refractivity contribution in [2.45, 2.75) is 328 Å². The summed E-state index contributed by atoms with van der Waals surface area (Å²) in [4.78, 5) is 24.5. The Morgan fingerprint density at radius 3 is 1.09 bits per heavy atom. The number of unbranched alkanes of at least 4 members (excludes halogenated alkanes) is 41. The van der Waals surface area contributed by atoms with Crippen LogP contribution < -0.4 is 5.32 Å². The van der Waals surface area contributed by atoms with Gasteiger partial charge in [-0.1, -0.05) is 269 Å². The number of allylic oxidation sites excluding steroid dienone is 3. The molecule has 0 rings (SSSR count). The third kappa shape index (κ3) is 51.6. The molecule has 0 heterocycles. The second-order valence-corrected chi connectivity index (χ2v) is 20.0. The van der Waals surface area contributed by atoms with Gasteiger partial charge in [0, 0.05) is 12.8 Å². The van der Waals surface area contributed by atoms with Crippen molar-refractivity contribution in [1.82, 2.24) is 5.32 Å². The molecule has 6 nitrogen and oxygen atoms in total. The molecule has 0 radical (unpaired) electrons. The molecule has 0 aromatic heterocycles. The van der Waals surface area contributed by atoms with E-state index in [1.807, 2.05) is 6.08 Å². The van der Waals surface area contributed by atoms with Crippen molar-refractivity contribution >= 4 is 11.9 Å². The highest BCUT2D eigenvalue weighted by Gasteiger charge is 2.18. The maximum atomic E-state index is 12.4. The number of esters is 1. The maximum Gasteiger partial charge on any atom is 0.305 e. The summed E-state index contributed by atoms with van der Waals surface area (Å²) < 4.78 is 5.49. The molecule has 2 unspecified atom stereocenters. The van der Waals surface area contributed by atoms with Crippen molar-refractivity contribution in [3.63, 3.8) is 0 Å². The summed E-state index contributed by atoms with van der Waals surface area (Å²) in [5.74, 6) is -0.0713. The van der Waals surface area contributed by atoms with Crippen molar-refractivity contribution in [1.29, 1.82) is 0 Å². The molecule has 65 heavy (non-hydrogen) atoms. The fraction of sp³-hybridized carbons (Fsp3) is 0.898. The molecule has 0 aliphatic rings. The largest absolute Gasteiger partial charge is 0.466 e. The Bertz CT molecular complexity index is 1010. The van der Waals surface area contributed by atoms with Crippen LogP contribution in [0.2, 0.25) is 0 Å². The molecule has 0 aromatic rings. The van der Waals surface area contributed by atoms with Gasteiger partial charge in [0.25, 0.3) is 0 Å². The van der Waals surface area contributed by atoms with E-state index in [9.17, 15) is 19.8 Å². The number of rotatable bonds is 54. The molecule has 384 valence electrons. The summed E-state index contributed by atoms with van der Waals surface area (Å²) in [6.07, 6.45) is 66.3. The summed E-state index contributed by atoms with van der Waals surface area (Å²) >= 11 is 0. The van der Waals surface area contributed by atoms with Crippen LogP contribution in [0.4, 0.5) is 0 Å². The number of aliphatic hydroxyl groups excluding tert-OH is 2. The van der Waals surface area contributed by atoms with Gasteiger partial charge < -0.3 is 20.3 Å². The Morgan fingerprint density at radius 2 is 0.723 bits per heavy atom. The average Bonchev–Trinajstić information content (AvgIpc) is 3.31. The Morgan fingerprint density at radius 1 is 0.415 bits per heavy atom. The highest BCUT2D eigenvalue weighted by atomic mass is 16.5. The Labute approximate surface area is 405 Å². The molecule has 6 heteroatoms. The van der Waals surface area contributed by atoms with Gasteiger partial charge in [0.05, 0.1) is 25.4 Å². The summed E-state index contributed by atoms with van der Waals surface area (Å²) in [7, 11) is 0. The van der Waals surface area contributed by atoms with Crippen LogP contribution in [0.5, 0.6) is 0 Å². The van der Waals surface area contributed by atoms with Crippen LogP contribution in [-0.2, 0) is 14.3 Å². The summed E-state index contributed by atoms with van der Waals surface area (Å²) in [5, 5.41) is 23.1. The van der Waals surface area contributed by atoms with Gasteiger partial charge in [0.2, 0.25) is 5.91 Å². The van der Waals surface area contributed by atoms with E-state index in [2.05, 4.69) is 31.3 Å². The SMILES string of the molecule is CCCCCCCCC/C=C\CCCCCCCCCC(=O)OCCCCCCCCCCCCCCCCCCCC(=O)NC(CO)C(O)/C=C/CCCCCCCCCCCCC. The zero-order chi connectivity index (χ0) is 47.2. The molecule has 3 N–H and O–H groups in total. The van der Waals surface area contributed by atoms with E-state index in [1.165, 1.54) is 244 Å². The monoisotopic (exact) mass is 916 g/mol. The lowest BCUT2D eigenvalue weighted by atomic mass is 10.0. The first kappa shape index (κ1) is 63.3. The molecule has 0 aromatic carbocycles. The second kappa shape index (κ2) is 54.9. The van der Waals surface area contributed by atoms with E-state index in [0.29, 0.717) is 19.4 Å². The van der Waals surface area contributed by atoms with Crippen molar-refractivity contribution in [2.24, 2.45) is 0 Å². The molecule has 0 saturated carbocycles. The number of carbonyl (C=O) groups is 2. The number of aliphatic hydroxyl groups is 2. The van der Waals surface area contributed by atoms with Gasteiger partial charge >= 0.3 is 5.97 Å². The third-order valence-corrected chi connectivity index (χ3v) is 13.5. The van der Waals surface area contributed by atoms with E-state index in [4.69, 9.17) is 4.74 Å². The highest BCUT2D eigenvalue weighted by Crippen LogP contribution is 2.17. The number of nitrogens with one attached hydrogen (secondary N) is 1. The maximum absolute atomic E-state index is 12.4. The Hall–Kier alpha value is -1.66. The minimum atomic E-state index is -0.847. The molecule has 1 amide bonds. The molecule has 0 saturated heterocycles. The zero-order valence-corrected chi connectivity index (χ0v) is 43.7. The quantitative estimate of drug-likeness (QED) is 0.0321.